The van der Waals surface area contributed by atoms with E-state index in [9.17, 15) is 23.6 Å². The van der Waals surface area contributed by atoms with Crippen LogP contribution in [0.15, 0.2) is 30.3 Å². The van der Waals surface area contributed by atoms with Crippen molar-refractivity contribution in [2.24, 2.45) is 0 Å². The van der Waals surface area contributed by atoms with Gasteiger partial charge in [-0.05, 0) is 35.7 Å². The van der Waals surface area contributed by atoms with Gasteiger partial charge in [0.1, 0.15) is 12.4 Å². The lowest BCUT2D eigenvalue weighted by Gasteiger charge is -2.18. The highest BCUT2D eigenvalue weighted by Crippen LogP contribution is 2.40. The van der Waals surface area contributed by atoms with Crippen molar-refractivity contribution < 1.29 is 33.0 Å². The van der Waals surface area contributed by atoms with E-state index in [0.717, 1.165) is 22.5 Å². The molecule has 1 aliphatic heterocycles. The van der Waals surface area contributed by atoms with Crippen LogP contribution in [-0.4, -0.2) is 35.3 Å². The molecule has 1 aliphatic rings. The van der Waals surface area contributed by atoms with Gasteiger partial charge in [0.2, 0.25) is 5.91 Å². The van der Waals surface area contributed by atoms with Crippen molar-refractivity contribution in [1.29, 1.82) is 0 Å². The van der Waals surface area contributed by atoms with Crippen LogP contribution in [0.2, 0.25) is 0 Å². The monoisotopic (exact) mass is 472 g/mol. The molecule has 1 amide bonds. The van der Waals surface area contributed by atoms with Crippen molar-refractivity contribution in [3.8, 4) is 0 Å². The molecule has 2 aromatic rings. The van der Waals surface area contributed by atoms with Crippen molar-refractivity contribution in [2.45, 2.75) is 60.0 Å². The fourth-order valence-corrected chi connectivity index (χ4v) is 3.64. The van der Waals surface area contributed by atoms with Gasteiger partial charge in [0.25, 0.3) is 0 Å². The quantitative estimate of drug-likeness (QED) is 0.495. The first-order valence-electron chi connectivity index (χ1n) is 10.7. The standard InChI is InChI=1S/C21H23FN2O3.C4H6O3/c1-13(25)24-12-21(3,4)20-19(24)10-16(18(23-20)11-27-14(2)26)8-15-6-5-7-17(22)9-15;1-3(5)7-4(2)6/h5-7,9-10H,8,11-12H2,1-4H3;1-2H3. The predicted octanol–water partition coefficient (Wildman–Crippen LogP) is 3.61. The van der Waals surface area contributed by atoms with E-state index < -0.39 is 17.9 Å². The Labute approximate surface area is 198 Å². The van der Waals surface area contributed by atoms with E-state index in [0.29, 0.717) is 18.7 Å². The first-order chi connectivity index (χ1) is 15.8. The maximum atomic E-state index is 13.6. The Morgan fingerprint density at radius 3 is 2.18 bits per heavy atom. The van der Waals surface area contributed by atoms with Crippen LogP contribution in [0.3, 0.4) is 0 Å². The van der Waals surface area contributed by atoms with Crippen molar-refractivity contribution in [3.63, 3.8) is 0 Å². The number of benzene rings is 1. The van der Waals surface area contributed by atoms with E-state index in [1.54, 1.807) is 11.0 Å². The van der Waals surface area contributed by atoms with Gasteiger partial charge in [-0.25, -0.2) is 4.39 Å². The molecule has 0 atom stereocenters. The zero-order valence-electron chi connectivity index (χ0n) is 20.2. The van der Waals surface area contributed by atoms with Crippen LogP contribution in [-0.2, 0) is 47.1 Å². The molecule has 0 fully saturated rings. The number of hydrogen-bond acceptors (Lipinski definition) is 7. The lowest BCUT2D eigenvalue weighted by atomic mass is 9.90. The average Bonchev–Trinajstić information content (AvgIpc) is 2.96. The molecule has 0 saturated heterocycles. The van der Waals surface area contributed by atoms with Crippen molar-refractivity contribution in [1.82, 2.24) is 4.98 Å². The van der Waals surface area contributed by atoms with Crippen molar-refractivity contribution >= 4 is 29.5 Å². The van der Waals surface area contributed by atoms with Crippen LogP contribution < -0.4 is 4.90 Å². The summed E-state index contributed by atoms with van der Waals surface area (Å²) in [7, 11) is 0. The molecule has 9 heteroatoms. The molecule has 8 nitrogen and oxygen atoms in total. The summed E-state index contributed by atoms with van der Waals surface area (Å²) in [6.07, 6.45) is 0.431. The number of halogens is 1. The number of fused-ring (bicyclic) bond motifs is 1. The number of carbonyl (C=O) groups is 4. The van der Waals surface area contributed by atoms with Gasteiger partial charge in [-0.2, -0.15) is 0 Å². The fourth-order valence-electron chi connectivity index (χ4n) is 3.64. The zero-order valence-corrected chi connectivity index (χ0v) is 20.2. The Hall–Kier alpha value is -3.62. The number of aromatic nitrogens is 1. The Morgan fingerprint density at radius 1 is 1.03 bits per heavy atom. The fraction of sp³-hybridized carbons (Fsp3) is 0.400. The highest BCUT2D eigenvalue weighted by atomic mass is 19.1. The molecular formula is C25H29FN2O6. The van der Waals surface area contributed by atoms with Crippen molar-refractivity contribution in [3.05, 3.63) is 58.7 Å². The van der Waals surface area contributed by atoms with E-state index >= 15 is 0 Å². The van der Waals surface area contributed by atoms with Crippen LogP contribution in [0.4, 0.5) is 10.1 Å². The largest absolute Gasteiger partial charge is 0.459 e. The van der Waals surface area contributed by atoms with Gasteiger partial charge in [0.05, 0.1) is 17.1 Å². The normalized spacial score (nSPS) is 13.3. The molecule has 0 aliphatic carbocycles. The Balaban J connectivity index is 0.000000509. The lowest BCUT2D eigenvalue weighted by molar-refractivity contribution is -0.156. The second kappa shape index (κ2) is 11.0. The molecule has 34 heavy (non-hydrogen) atoms. The molecule has 2 heterocycles. The minimum absolute atomic E-state index is 0.0451. The molecular weight excluding hydrogens is 443 g/mol. The summed E-state index contributed by atoms with van der Waals surface area (Å²) in [5.41, 5.74) is 3.50. The third-order valence-electron chi connectivity index (χ3n) is 5.02. The number of pyridine rings is 1. The summed E-state index contributed by atoms with van der Waals surface area (Å²) >= 11 is 0. The zero-order chi connectivity index (χ0) is 25.6. The van der Waals surface area contributed by atoms with Crippen LogP contribution >= 0.6 is 0 Å². The number of esters is 3. The molecule has 182 valence electrons. The van der Waals surface area contributed by atoms with Crippen molar-refractivity contribution in [2.75, 3.05) is 11.4 Å². The van der Waals surface area contributed by atoms with Gasteiger partial charge >= 0.3 is 17.9 Å². The van der Waals surface area contributed by atoms with Crippen LogP contribution in [0.25, 0.3) is 0 Å². The van der Waals surface area contributed by atoms with E-state index in [2.05, 4.69) is 4.74 Å². The number of ether oxygens (including phenoxy) is 2. The second-order valence-electron chi connectivity index (χ2n) is 8.62. The summed E-state index contributed by atoms with van der Waals surface area (Å²) < 4.78 is 22.7. The molecule has 0 unspecified atom stereocenters. The molecule has 3 rings (SSSR count). The smallest absolute Gasteiger partial charge is 0.310 e. The van der Waals surface area contributed by atoms with E-state index in [-0.39, 0.29) is 23.7 Å². The number of rotatable bonds is 4. The molecule has 0 spiro atoms. The van der Waals surface area contributed by atoms with Gasteiger partial charge in [-0.15, -0.1) is 0 Å². The number of nitrogens with zero attached hydrogens (tertiary/aromatic N) is 2. The first-order valence-corrected chi connectivity index (χ1v) is 10.7. The maximum Gasteiger partial charge on any atom is 0.310 e. The highest BCUT2D eigenvalue weighted by molar-refractivity contribution is 5.94. The van der Waals surface area contributed by atoms with E-state index in [4.69, 9.17) is 9.72 Å². The predicted molar refractivity (Wildman–Crippen MR) is 122 cm³/mol. The molecule has 0 saturated carbocycles. The summed E-state index contributed by atoms with van der Waals surface area (Å²) in [6.45, 7) is 9.89. The van der Waals surface area contributed by atoms with Gasteiger partial charge in [-0.3, -0.25) is 24.2 Å². The van der Waals surface area contributed by atoms with Gasteiger partial charge < -0.3 is 14.4 Å². The minimum Gasteiger partial charge on any atom is -0.459 e. The molecule has 0 bridgehead atoms. The number of anilines is 1. The Morgan fingerprint density at radius 2 is 1.68 bits per heavy atom. The Kier molecular flexibility index (Phi) is 8.62. The van der Waals surface area contributed by atoms with Crippen LogP contribution in [0.5, 0.6) is 0 Å². The number of hydrogen-bond donors (Lipinski definition) is 0. The average molecular weight is 473 g/mol. The Bertz CT molecular complexity index is 1100. The third kappa shape index (κ3) is 7.19. The highest BCUT2D eigenvalue weighted by Gasteiger charge is 2.39. The third-order valence-corrected chi connectivity index (χ3v) is 5.02. The topological polar surface area (TPSA) is 103 Å². The number of carbonyl (C=O) groups excluding carboxylic acids is 4. The first kappa shape index (κ1) is 26.6. The van der Waals surface area contributed by atoms with Gasteiger partial charge in [-0.1, -0.05) is 26.0 Å². The van der Waals surface area contributed by atoms with E-state index in [1.165, 1.54) is 39.8 Å². The molecule has 1 aromatic heterocycles. The molecule has 1 aromatic carbocycles. The minimum atomic E-state index is -0.562. The maximum absolute atomic E-state index is 13.6. The SMILES string of the molecule is CC(=O)OC(C)=O.CC(=O)OCc1nc2c(cc1Cc1cccc(F)c1)N(C(C)=O)CC2(C)C. The van der Waals surface area contributed by atoms with Gasteiger partial charge in [0, 0.05) is 39.7 Å². The summed E-state index contributed by atoms with van der Waals surface area (Å²) in [6, 6.07) is 8.27. The van der Waals surface area contributed by atoms with Crippen LogP contribution in [0.1, 0.15) is 64.1 Å². The summed E-state index contributed by atoms with van der Waals surface area (Å²) in [5, 5.41) is 0. The summed E-state index contributed by atoms with van der Waals surface area (Å²) in [5.74, 6) is -1.87. The summed E-state index contributed by atoms with van der Waals surface area (Å²) in [4.78, 5) is 49.5. The van der Waals surface area contributed by atoms with E-state index in [1.807, 2.05) is 26.0 Å². The second-order valence-corrected chi connectivity index (χ2v) is 8.62. The number of amides is 1. The van der Waals surface area contributed by atoms with Crippen LogP contribution in [0, 0.1) is 5.82 Å². The molecule has 0 radical (unpaired) electrons. The van der Waals surface area contributed by atoms with Gasteiger partial charge in [0.15, 0.2) is 0 Å². The molecule has 0 N–H and O–H groups in total. The lowest BCUT2D eigenvalue weighted by Crippen LogP contribution is -2.32.